The van der Waals surface area contributed by atoms with Crippen molar-refractivity contribution < 1.29 is 19.1 Å². The van der Waals surface area contributed by atoms with Crippen LogP contribution in [-0.2, 0) is 4.79 Å². The van der Waals surface area contributed by atoms with Gasteiger partial charge in [0.25, 0.3) is 5.91 Å². The lowest BCUT2D eigenvalue weighted by molar-refractivity contribution is -0.137. The minimum Gasteiger partial charge on any atom is -0.481 e. The number of hydrogen-bond acceptors (Lipinski definition) is 4. The molecule has 1 N–H and O–H groups in total. The van der Waals surface area contributed by atoms with Gasteiger partial charge in [-0.3, -0.25) is 9.59 Å². The second-order valence-corrected chi connectivity index (χ2v) is 6.39. The number of amides is 1. The Morgan fingerprint density at radius 2 is 2.00 bits per heavy atom. The maximum absolute atomic E-state index is 12.6. The highest BCUT2D eigenvalue weighted by atomic mass is 32.1. The van der Waals surface area contributed by atoms with E-state index in [0.717, 1.165) is 16.4 Å². The fraction of sp³-hybridized carbons (Fsp3) is 0.375. The number of rotatable bonds is 6. The number of carbonyl (C=O) groups is 2. The van der Waals surface area contributed by atoms with Crippen LogP contribution in [0.5, 0.6) is 0 Å². The Kier molecular flexibility index (Phi) is 5.03. The van der Waals surface area contributed by atoms with Crippen molar-refractivity contribution >= 4 is 23.2 Å². The van der Waals surface area contributed by atoms with Gasteiger partial charge in [0.2, 0.25) is 0 Å². The molecule has 5 nitrogen and oxygen atoms in total. The van der Waals surface area contributed by atoms with Crippen LogP contribution in [0.2, 0.25) is 0 Å². The van der Waals surface area contributed by atoms with E-state index in [4.69, 9.17) is 9.52 Å². The second-order valence-electron chi connectivity index (χ2n) is 5.31. The predicted octanol–water partition coefficient (Wildman–Crippen LogP) is 3.64. The molecule has 0 aliphatic rings. The smallest absolute Gasteiger partial charge is 0.305 e. The number of carboxylic acid groups (broad SMARTS) is 1. The number of carboxylic acids is 1. The van der Waals surface area contributed by atoms with Crippen LogP contribution in [0.15, 0.2) is 28.7 Å². The van der Waals surface area contributed by atoms with Crippen molar-refractivity contribution in [2.24, 2.45) is 0 Å². The van der Waals surface area contributed by atoms with Gasteiger partial charge in [-0.15, -0.1) is 11.3 Å². The van der Waals surface area contributed by atoms with E-state index in [1.165, 1.54) is 11.3 Å². The highest BCUT2D eigenvalue weighted by Gasteiger charge is 2.21. The summed E-state index contributed by atoms with van der Waals surface area (Å²) in [6, 6.07) is 7.31. The summed E-state index contributed by atoms with van der Waals surface area (Å²) in [5, 5.41) is 8.80. The maximum Gasteiger partial charge on any atom is 0.305 e. The maximum atomic E-state index is 12.6. The number of nitrogens with zero attached hydrogens (tertiary/aromatic N) is 1. The van der Waals surface area contributed by atoms with Crippen LogP contribution in [0.3, 0.4) is 0 Å². The van der Waals surface area contributed by atoms with Crippen molar-refractivity contribution in [3.8, 4) is 10.6 Å². The lowest BCUT2D eigenvalue weighted by Gasteiger charge is -2.25. The molecule has 0 bridgehead atoms. The summed E-state index contributed by atoms with van der Waals surface area (Å²) in [5.41, 5.74) is 0. The molecule has 0 aromatic carbocycles. The van der Waals surface area contributed by atoms with Crippen LogP contribution in [0.25, 0.3) is 10.6 Å². The molecule has 118 valence electrons. The molecule has 0 aliphatic carbocycles. The first-order valence-electron chi connectivity index (χ1n) is 7.08. The van der Waals surface area contributed by atoms with Gasteiger partial charge in [-0.05, 0) is 45.0 Å². The van der Waals surface area contributed by atoms with Crippen molar-refractivity contribution in [2.75, 3.05) is 6.54 Å². The molecule has 0 spiro atoms. The number of thiophene rings is 1. The van der Waals surface area contributed by atoms with Gasteiger partial charge in [-0.25, -0.2) is 0 Å². The zero-order valence-corrected chi connectivity index (χ0v) is 13.6. The molecule has 0 fully saturated rings. The monoisotopic (exact) mass is 321 g/mol. The number of furan rings is 1. The summed E-state index contributed by atoms with van der Waals surface area (Å²) in [7, 11) is 0. The topological polar surface area (TPSA) is 70.8 Å². The summed E-state index contributed by atoms with van der Waals surface area (Å²) in [6.45, 7) is 5.84. The SMILES string of the molecule is Cc1ccc(-c2ccc(C(=O)N(CCC(=O)O)C(C)C)s2)o1. The van der Waals surface area contributed by atoms with Gasteiger partial charge >= 0.3 is 5.97 Å². The Morgan fingerprint density at radius 1 is 1.27 bits per heavy atom. The average Bonchev–Trinajstić information content (AvgIpc) is 3.06. The first kappa shape index (κ1) is 16.3. The minimum absolute atomic E-state index is 0.0525. The molecule has 0 atom stereocenters. The van der Waals surface area contributed by atoms with Gasteiger partial charge in [0.05, 0.1) is 16.2 Å². The first-order chi connectivity index (χ1) is 10.4. The van der Waals surface area contributed by atoms with Crippen LogP contribution in [-0.4, -0.2) is 34.5 Å². The van der Waals surface area contributed by atoms with Crippen LogP contribution in [0, 0.1) is 6.92 Å². The summed E-state index contributed by atoms with van der Waals surface area (Å²) >= 11 is 1.36. The lowest BCUT2D eigenvalue weighted by atomic mass is 10.2. The van der Waals surface area contributed by atoms with Gasteiger partial charge in [0, 0.05) is 12.6 Å². The largest absolute Gasteiger partial charge is 0.481 e. The molecule has 0 saturated carbocycles. The normalized spacial score (nSPS) is 10.9. The lowest BCUT2D eigenvalue weighted by Crippen LogP contribution is -2.38. The molecule has 2 rings (SSSR count). The van der Waals surface area contributed by atoms with Gasteiger partial charge < -0.3 is 14.4 Å². The zero-order valence-electron chi connectivity index (χ0n) is 12.8. The Bertz CT molecular complexity index is 671. The minimum atomic E-state index is -0.906. The number of hydrogen-bond donors (Lipinski definition) is 1. The molecule has 0 unspecified atom stereocenters. The van der Waals surface area contributed by atoms with Gasteiger partial charge in [-0.2, -0.15) is 0 Å². The van der Waals surface area contributed by atoms with E-state index in [1.807, 2.05) is 39.0 Å². The molecule has 2 heterocycles. The predicted molar refractivity (Wildman–Crippen MR) is 85.2 cm³/mol. The van der Waals surface area contributed by atoms with E-state index in [0.29, 0.717) is 4.88 Å². The quantitative estimate of drug-likeness (QED) is 0.881. The summed E-state index contributed by atoms with van der Waals surface area (Å²) in [4.78, 5) is 26.3. The van der Waals surface area contributed by atoms with E-state index < -0.39 is 5.97 Å². The zero-order chi connectivity index (χ0) is 16.3. The third-order valence-corrected chi connectivity index (χ3v) is 4.34. The van der Waals surface area contributed by atoms with Gasteiger partial charge in [0.15, 0.2) is 0 Å². The highest BCUT2D eigenvalue weighted by molar-refractivity contribution is 7.17. The standard InChI is InChI=1S/C16H19NO4S/c1-10(2)17(9-8-15(18)19)16(20)14-7-6-13(22-14)12-5-4-11(3)21-12/h4-7,10H,8-9H2,1-3H3,(H,18,19). The Labute approximate surface area is 133 Å². The number of aryl methyl sites for hydroxylation is 1. The third kappa shape index (κ3) is 3.76. The van der Waals surface area contributed by atoms with E-state index in [2.05, 4.69) is 0 Å². The molecule has 0 saturated heterocycles. The molecule has 0 radical (unpaired) electrons. The summed E-state index contributed by atoms with van der Waals surface area (Å²) < 4.78 is 5.56. The van der Waals surface area contributed by atoms with Crippen LogP contribution < -0.4 is 0 Å². The summed E-state index contributed by atoms with van der Waals surface area (Å²) in [6.07, 6.45) is -0.0560. The number of carbonyl (C=O) groups excluding carboxylic acids is 1. The molecule has 2 aromatic rings. The van der Waals surface area contributed by atoms with Crippen molar-refractivity contribution in [2.45, 2.75) is 33.2 Å². The fourth-order valence-corrected chi connectivity index (χ4v) is 3.03. The van der Waals surface area contributed by atoms with Crippen LogP contribution in [0.4, 0.5) is 0 Å². The van der Waals surface area contributed by atoms with E-state index >= 15 is 0 Å². The van der Waals surface area contributed by atoms with E-state index in [9.17, 15) is 9.59 Å². The van der Waals surface area contributed by atoms with Gasteiger partial charge in [0.1, 0.15) is 11.5 Å². The molecule has 6 heteroatoms. The third-order valence-electron chi connectivity index (χ3n) is 3.25. The molecular weight excluding hydrogens is 302 g/mol. The molecule has 1 amide bonds. The van der Waals surface area contributed by atoms with E-state index in [-0.39, 0.29) is 24.9 Å². The van der Waals surface area contributed by atoms with Crippen molar-refractivity contribution in [1.29, 1.82) is 0 Å². The molecule has 22 heavy (non-hydrogen) atoms. The molecular formula is C16H19NO4S. The average molecular weight is 321 g/mol. The Hall–Kier alpha value is -2.08. The van der Waals surface area contributed by atoms with E-state index in [1.54, 1.807) is 11.0 Å². The van der Waals surface area contributed by atoms with Crippen molar-refractivity contribution in [3.63, 3.8) is 0 Å². The Morgan fingerprint density at radius 3 is 2.55 bits per heavy atom. The number of aliphatic carboxylic acids is 1. The van der Waals surface area contributed by atoms with Gasteiger partial charge in [-0.1, -0.05) is 0 Å². The van der Waals surface area contributed by atoms with Crippen LogP contribution in [0.1, 0.15) is 35.7 Å². The summed E-state index contributed by atoms with van der Waals surface area (Å²) in [5.74, 6) is 0.511. The van der Waals surface area contributed by atoms with Crippen molar-refractivity contribution in [3.05, 3.63) is 34.9 Å². The molecule has 0 aliphatic heterocycles. The highest BCUT2D eigenvalue weighted by Crippen LogP contribution is 2.30. The Balaban J connectivity index is 2.17. The van der Waals surface area contributed by atoms with Crippen molar-refractivity contribution in [1.82, 2.24) is 4.90 Å². The fourth-order valence-electron chi connectivity index (χ4n) is 2.10. The first-order valence-corrected chi connectivity index (χ1v) is 7.89. The molecule has 2 aromatic heterocycles. The van der Waals surface area contributed by atoms with Crippen LogP contribution >= 0.6 is 11.3 Å². The second kappa shape index (κ2) is 6.79.